The number of aromatic nitrogens is 2. The number of rotatable bonds is 5. The second-order valence-corrected chi connectivity index (χ2v) is 5.07. The minimum atomic E-state index is -0.171. The van der Waals surface area contributed by atoms with Gasteiger partial charge >= 0.3 is 0 Å². The quantitative estimate of drug-likeness (QED) is 0.922. The molecule has 2 aromatic rings. The number of nitrogens with zero attached hydrogens (tertiary/aromatic N) is 2. The summed E-state index contributed by atoms with van der Waals surface area (Å²) >= 11 is 5.98. The summed E-state index contributed by atoms with van der Waals surface area (Å²) in [6, 6.07) is 10.6. The standard InChI is InChI=1S/C15H16ClN3O2/c1-10(2)21-13-8-12(14(16)19-18-13)9-17-15(20)11-6-4-3-5-7-11/h3-8,10H,9H2,1-2H3,(H,17,20). The monoisotopic (exact) mass is 305 g/mol. The van der Waals surface area contributed by atoms with Gasteiger partial charge in [-0.05, 0) is 26.0 Å². The summed E-state index contributed by atoms with van der Waals surface area (Å²) in [6.07, 6.45) is -0.00719. The molecule has 0 saturated heterocycles. The van der Waals surface area contributed by atoms with E-state index in [0.29, 0.717) is 17.0 Å². The Hall–Kier alpha value is -2.14. The molecule has 2 rings (SSSR count). The molecule has 6 heteroatoms. The fraction of sp³-hybridized carbons (Fsp3) is 0.267. The number of ether oxygens (including phenoxy) is 1. The first-order valence-corrected chi connectivity index (χ1v) is 6.96. The molecule has 1 N–H and O–H groups in total. The van der Waals surface area contributed by atoms with E-state index in [-0.39, 0.29) is 23.7 Å². The molecular formula is C15H16ClN3O2. The summed E-state index contributed by atoms with van der Waals surface area (Å²) < 4.78 is 5.46. The fourth-order valence-electron chi connectivity index (χ4n) is 1.69. The van der Waals surface area contributed by atoms with Crippen LogP contribution in [0.4, 0.5) is 0 Å². The van der Waals surface area contributed by atoms with Crippen LogP contribution in [0.15, 0.2) is 36.4 Å². The molecule has 0 spiro atoms. The first-order chi connectivity index (χ1) is 10.1. The fourth-order valence-corrected chi connectivity index (χ4v) is 1.84. The Morgan fingerprint density at radius 3 is 2.67 bits per heavy atom. The highest BCUT2D eigenvalue weighted by atomic mass is 35.5. The van der Waals surface area contributed by atoms with Crippen LogP contribution in [0.25, 0.3) is 0 Å². The zero-order valence-electron chi connectivity index (χ0n) is 11.8. The maximum Gasteiger partial charge on any atom is 0.251 e. The third kappa shape index (κ3) is 4.43. The Morgan fingerprint density at radius 1 is 1.29 bits per heavy atom. The number of hydrogen-bond donors (Lipinski definition) is 1. The van der Waals surface area contributed by atoms with Crippen molar-refractivity contribution in [1.82, 2.24) is 15.5 Å². The number of carbonyl (C=O) groups is 1. The van der Waals surface area contributed by atoms with Crippen molar-refractivity contribution in [3.8, 4) is 5.88 Å². The lowest BCUT2D eigenvalue weighted by Crippen LogP contribution is -2.23. The van der Waals surface area contributed by atoms with Gasteiger partial charge in [0.2, 0.25) is 5.88 Å². The summed E-state index contributed by atoms with van der Waals surface area (Å²) in [4.78, 5) is 12.0. The maximum absolute atomic E-state index is 12.0. The molecule has 5 nitrogen and oxygen atoms in total. The van der Waals surface area contributed by atoms with Crippen LogP contribution in [0.3, 0.4) is 0 Å². The lowest BCUT2D eigenvalue weighted by Gasteiger charge is -2.10. The average molecular weight is 306 g/mol. The summed E-state index contributed by atoms with van der Waals surface area (Å²) in [7, 11) is 0. The zero-order valence-corrected chi connectivity index (χ0v) is 12.6. The van der Waals surface area contributed by atoms with Crippen molar-refractivity contribution in [2.24, 2.45) is 0 Å². The molecule has 1 aromatic carbocycles. The normalized spacial score (nSPS) is 10.5. The van der Waals surface area contributed by atoms with Gasteiger partial charge < -0.3 is 10.1 Å². The average Bonchev–Trinajstić information content (AvgIpc) is 2.48. The van der Waals surface area contributed by atoms with E-state index in [9.17, 15) is 4.79 Å². The van der Waals surface area contributed by atoms with E-state index in [1.807, 2.05) is 32.0 Å². The summed E-state index contributed by atoms with van der Waals surface area (Å²) in [5.41, 5.74) is 1.25. The lowest BCUT2D eigenvalue weighted by atomic mass is 10.2. The van der Waals surface area contributed by atoms with Gasteiger partial charge in [0.05, 0.1) is 6.10 Å². The van der Waals surface area contributed by atoms with Crippen LogP contribution in [-0.4, -0.2) is 22.2 Å². The number of carbonyl (C=O) groups excluding carboxylic acids is 1. The molecule has 0 fully saturated rings. The third-order valence-electron chi connectivity index (χ3n) is 2.63. The van der Waals surface area contributed by atoms with Crippen molar-refractivity contribution in [1.29, 1.82) is 0 Å². The highest BCUT2D eigenvalue weighted by Gasteiger charge is 2.10. The predicted octanol–water partition coefficient (Wildman–Crippen LogP) is 2.85. The third-order valence-corrected chi connectivity index (χ3v) is 2.95. The second kappa shape index (κ2) is 7.04. The smallest absolute Gasteiger partial charge is 0.251 e. The highest BCUT2D eigenvalue weighted by Crippen LogP contribution is 2.17. The SMILES string of the molecule is CC(C)Oc1cc(CNC(=O)c2ccccc2)c(Cl)nn1. The molecule has 0 atom stereocenters. The summed E-state index contributed by atoms with van der Waals surface area (Å²) in [5, 5.41) is 10.7. The predicted molar refractivity (Wildman–Crippen MR) is 80.4 cm³/mol. The molecule has 1 heterocycles. The number of hydrogen-bond acceptors (Lipinski definition) is 4. The first kappa shape index (κ1) is 15.3. The molecule has 0 saturated carbocycles. The van der Waals surface area contributed by atoms with Crippen LogP contribution in [0, 0.1) is 0 Å². The topological polar surface area (TPSA) is 64.1 Å². The van der Waals surface area contributed by atoms with Crippen molar-refractivity contribution < 1.29 is 9.53 Å². The zero-order chi connectivity index (χ0) is 15.2. The van der Waals surface area contributed by atoms with Crippen LogP contribution in [0.1, 0.15) is 29.8 Å². The molecule has 0 unspecified atom stereocenters. The van der Waals surface area contributed by atoms with Crippen LogP contribution >= 0.6 is 11.6 Å². The van der Waals surface area contributed by atoms with E-state index < -0.39 is 0 Å². The van der Waals surface area contributed by atoms with Gasteiger partial charge in [-0.1, -0.05) is 29.8 Å². The molecule has 1 amide bonds. The van der Waals surface area contributed by atoms with Gasteiger partial charge in [-0.15, -0.1) is 10.2 Å². The number of nitrogens with one attached hydrogen (secondary N) is 1. The summed E-state index contributed by atoms with van der Waals surface area (Å²) in [6.45, 7) is 4.05. The minimum Gasteiger partial charge on any atom is -0.474 e. The molecule has 0 aliphatic heterocycles. The number of amides is 1. The van der Waals surface area contributed by atoms with E-state index in [1.54, 1.807) is 18.2 Å². The molecule has 0 aliphatic carbocycles. The van der Waals surface area contributed by atoms with Gasteiger partial charge in [0.1, 0.15) is 0 Å². The van der Waals surface area contributed by atoms with Crippen molar-refractivity contribution in [2.75, 3.05) is 0 Å². The van der Waals surface area contributed by atoms with Crippen LogP contribution in [0.5, 0.6) is 5.88 Å². The second-order valence-electron chi connectivity index (χ2n) is 4.71. The maximum atomic E-state index is 12.0. The Bertz CT molecular complexity index is 618. The number of benzene rings is 1. The van der Waals surface area contributed by atoms with Gasteiger partial charge in [0, 0.05) is 23.7 Å². The van der Waals surface area contributed by atoms with Crippen LogP contribution in [0.2, 0.25) is 5.15 Å². The Morgan fingerprint density at radius 2 is 2.00 bits per heavy atom. The molecule has 1 aromatic heterocycles. The number of halogens is 1. The molecule has 0 radical (unpaired) electrons. The largest absolute Gasteiger partial charge is 0.474 e. The van der Waals surface area contributed by atoms with Crippen molar-refractivity contribution in [3.63, 3.8) is 0 Å². The first-order valence-electron chi connectivity index (χ1n) is 6.58. The highest BCUT2D eigenvalue weighted by molar-refractivity contribution is 6.30. The van der Waals surface area contributed by atoms with Gasteiger partial charge in [-0.3, -0.25) is 4.79 Å². The van der Waals surface area contributed by atoms with Gasteiger partial charge in [-0.25, -0.2) is 0 Å². The Kier molecular flexibility index (Phi) is 5.11. The molecular weight excluding hydrogens is 290 g/mol. The van der Waals surface area contributed by atoms with Gasteiger partial charge in [0.15, 0.2) is 5.15 Å². The van der Waals surface area contributed by atoms with Crippen LogP contribution in [-0.2, 0) is 6.54 Å². The van der Waals surface area contributed by atoms with Crippen molar-refractivity contribution in [2.45, 2.75) is 26.5 Å². The van der Waals surface area contributed by atoms with E-state index in [2.05, 4.69) is 15.5 Å². The van der Waals surface area contributed by atoms with E-state index in [1.165, 1.54) is 0 Å². The molecule has 0 aliphatic rings. The van der Waals surface area contributed by atoms with E-state index in [4.69, 9.17) is 16.3 Å². The Balaban J connectivity index is 2.04. The van der Waals surface area contributed by atoms with E-state index >= 15 is 0 Å². The lowest BCUT2D eigenvalue weighted by molar-refractivity contribution is 0.0950. The Labute approximate surface area is 128 Å². The van der Waals surface area contributed by atoms with E-state index in [0.717, 1.165) is 0 Å². The van der Waals surface area contributed by atoms with Crippen molar-refractivity contribution >= 4 is 17.5 Å². The van der Waals surface area contributed by atoms with Gasteiger partial charge in [0.25, 0.3) is 5.91 Å². The molecule has 0 bridgehead atoms. The minimum absolute atomic E-state index is 0.00719. The van der Waals surface area contributed by atoms with Crippen molar-refractivity contribution in [3.05, 3.63) is 52.7 Å². The molecule has 110 valence electrons. The van der Waals surface area contributed by atoms with Crippen LogP contribution < -0.4 is 10.1 Å². The molecule has 21 heavy (non-hydrogen) atoms. The van der Waals surface area contributed by atoms with Gasteiger partial charge in [-0.2, -0.15) is 0 Å². The summed E-state index contributed by atoms with van der Waals surface area (Å²) in [5.74, 6) is 0.216.